The normalized spacial score (nSPS) is 11.3. The van der Waals surface area contributed by atoms with Gasteiger partial charge in [0.05, 0.1) is 37.6 Å². The molecule has 0 fully saturated rings. The minimum absolute atomic E-state index is 0.316. The zero-order valence-electron chi connectivity index (χ0n) is 40.2. The molecule has 0 saturated carbocycles. The van der Waals surface area contributed by atoms with E-state index < -0.39 is 23.9 Å². The molecule has 10 nitrogen and oxygen atoms in total. The van der Waals surface area contributed by atoms with Crippen LogP contribution in [0, 0.1) is 11.6 Å². The fraction of sp³-hybridized carbons (Fsp3) is 0.439. The van der Waals surface area contributed by atoms with Crippen molar-refractivity contribution in [2.45, 2.75) is 135 Å². The van der Waals surface area contributed by atoms with Crippen LogP contribution in [0.4, 0.5) is 20.2 Å². The number of halogens is 2. The molecule has 4 aromatic rings. The van der Waals surface area contributed by atoms with E-state index in [0.29, 0.717) is 55.4 Å². The standard InChI is InChI=1S/C57H72F2N2O8/c58-48-29-21-44(22-30-48)27-35-54(62)66-37-17-13-9-5-1-3-7-11-15-19-39-68-56(64)50-42-46(25-33-52(50)60)41-47-26-34-53(61)51(43-47)57(65)69-40-20-16-12-8-4-2-6-10-14-18-38-67-55(63)36-28-45-23-31-49(59)32-24-45/h21-36,42-43H,1-20,37-41,60-61H2/b35-27+,36-28+. The van der Waals surface area contributed by atoms with E-state index >= 15 is 0 Å². The van der Waals surface area contributed by atoms with E-state index in [1.54, 1.807) is 60.7 Å². The van der Waals surface area contributed by atoms with Crippen molar-refractivity contribution in [1.82, 2.24) is 0 Å². The molecule has 4 rings (SSSR count). The predicted octanol–water partition coefficient (Wildman–Crippen LogP) is 13.3. The van der Waals surface area contributed by atoms with Crippen LogP contribution in [0.25, 0.3) is 12.2 Å². The lowest BCUT2D eigenvalue weighted by Crippen LogP contribution is -2.11. The van der Waals surface area contributed by atoms with Gasteiger partial charge in [0.25, 0.3) is 0 Å². The van der Waals surface area contributed by atoms with Crippen molar-refractivity contribution in [3.63, 3.8) is 0 Å². The van der Waals surface area contributed by atoms with Gasteiger partial charge in [-0.05, 0) is 115 Å². The van der Waals surface area contributed by atoms with Gasteiger partial charge < -0.3 is 30.4 Å². The molecule has 0 radical (unpaired) electrons. The molecule has 0 heterocycles. The monoisotopic (exact) mass is 951 g/mol. The van der Waals surface area contributed by atoms with Gasteiger partial charge in [-0.25, -0.2) is 28.0 Å². The summed E-state index contributed by atoms with van der Waals surface area (Å²) in [5.41, 5.74) is 16.9. The molecule has 0 aliphatic carbocycles. The molecule has 4 N–H and O–H groups in total. The van der Waals surface area contributed by atoms with Crippen molar-refractivity contribution in [2.24, 2.45) is 0 Å². The second-order valence-electron chi connectivity index (χ2n) is 17.5. The number of carbonyl (C=O) groups is 4. The molecule has 0 amide bonds. The van der Waals surface area contributed by atoms with E-state index in [-0.39, 0.29) is 11.6 Å². The van der Waals surface area contributed by atoms with Crippen LogP contribution in [0.5, 0.6) is 0 Å². The van der Waals surface area contributed by atoms with E-state index in [9.17, 15) is 28.0 Å². The van der Waals surface area contributed by atoms with Crippen molar-refractivity contribution in [3.8, 4) is 0 Å². The van der Waals surface area contributed by atoms with E-state index in [1.807, 2.05) is 12.1 Å². The Morgan fingerprint density at radius 2 is 0.681 bits per heavy atom. The maximum atomic E-state index is 13.0. The van der Waals surface area contributed by atoms with Crippen molar-refractivity contribution >= 4 is 47.4 Å². The van der Waals surface area contributed by atoms with E-state index in [4.69, 9.17) is 30.4 Å². The Morgan fingerprint density at radius 3 is 1.00 bits per heavy atom. The first-order valence-corrected chi connectivity index (χ1v) is 24.9. The Bertz CT molecular complexity index is 2050. The first kappa shape index (κ1) is 55.3. The van der Waals surface area contributed by atoms with Crippen molar-refractivity contribution in [2.75, 3.05) is 37.9 Å². The van der Waals surface area contributed by atoms with Crippen LogP contribution in [0.2, 0.25) is 0 Å². The predicted molar refractivity (Wildman–Crippen MR) is 270 cm³/mol. The van der Waals surface area contributed by atoms with Crippen LogP contribution >= 0.6 is 0 Å². The fourth-order valence-corrected chi connectivity index (χ4v) is 7.66. The number of anilines is 2. The van der Waals surface area contributed by atoms with Crippen LogP contribution in [0.3, 0.4) is 0 Å². The largest absolute Gasteiger partial charge is 0.463 e. The van der Waals surface area contributed by atoms with E-state index in [1.165, 1.54) is 36.4 Å². The van der Waals surface area contributed by atoms with Crippen LogP contribution in [-0.2, 0) is 35.0 Å². The highest BCUT2D eigenvalue weighted by Gasteiger charge is 2.15. The molecule has 12 heteroatoms. The third-order valence-corrected chi connectivity index (χ3v) is 11.7. The zero-order chi connectivity index (χ0) is 49.3. The van der Waals surface area contributed by atoms with Gasteiger partial charge in [-0.15, -0.1) is 0 Å². The second-order valence-corrected chi connectivity index (χ2v) is 17.5. The van der Waals surface area contributed by atoms with Crippen LogP contribution < -0.4 is 11.5 Å². The van der Waals surface area contributed by atoms with Gasteiger partial charge in [-0.1, -0.05) is 139 Å². The number of benzene rings is 4. The lowest BCUT2D eigenvalue weighted by atomic mass is 9.99. The van der Waals surface area contributed by atoms with Gasteiger partial charge in [0, 0.05) is 23.5 Å². The summed E-state index contributed by atoms with van der Waals surface area (Å²) in [6, 6.07) is 22.4. The highest BCUT2D eigenvalue weighted by atomic mass is 19.1. The lowest BCUT2D eigenvalue weighted by Gasteiger charge is -2.11. The van der Waals surface area contributed by atoms with Crippen LogP contribution in [-0.4, -0.2) is 50.3 Å². The summed E-state index contributed by atoms with van der Waals surface area (Å²) in [5, 5.41) is 0. The summed E-state index contributed by atoms with van der Waals surface area (Å²) in [4.78, 5) is 49.7. The zero-order valence-corrected chi connectivity index (χ0v) is 40.2. The van der Waals surface area contributed by atoms with Crippen LogP contribution in [0.15, 0.2) is 97.1 Å². The van der Waals surface area contributed by atoms with Gasteiger partial charge in [0.2, 0.25) is 0 Å². The van der Waals surface area contributed by atoms with Crippen molar-refractivity contribution in [1.29, 1.82) is 0 Å². The minimum atomic E-state index is -0.452. The van der Waals surface area contributed by atoms with Gasteiger partial charge >= 0.3 is 23.9 Å². The lowest BCUT2D eigenvalue weighted by molar-refractivity contribution is -0.138. The highest BCUT2D eigenvalue weighted by molar-refractivity contribution is 5.96. The number of nitrogen functional groups attached to an aromatic ring is 2. The Morgan fingerprint density at radius 1 is 0.391 bits per heavy atom. The van der Waals surface area contributed by atoms with Gasteiger partial charge in [-0.2, -0.15) is 0 Å². The number of esters is 4. The van der Waals surface area contributed by atoms with Crippen LogP contribution in [0.1, 0.15) is 171 Å². The summed E-state index contributed by atoms with van der Waals surface area (Å²) in [6.45, 7) is 1.43. The Balaban J connectivity index is 0.977. The second kappa shape index (κ2) is 33.2. The smallest absolute Gasteiger partial charge is 0.340 e. The van der Waals surface area contributed by atoms with E-state index in [0.717, 1.165) is 151 Å². The molecular formula is C57H72F2N2O8. The fourth-order valence-electron chi connectivity index (χ4n) is 7.66. The quantitative estimate of drug-likeness (QED) is 0.0152. The molecule has 69 heavy (non-hydrogen) atoms. The SMILES string of the molecule is Nc1ccc(Cc2ccc(N)c(C(=O)OCCCCCCCCCCCCOC(=O)/C=C/c3ccc(F)cc3)c2)cc1C(=O)OCCCCCCCCCCCCOC(=O)/C=C/c1ccc(F)cc1. The van der Waals surface area contributed by atoms with E-state index in [2.05, 4.69) is 0 Å². The molecule has 0 saturated heterocycles. The average molecular weight is 951 g/mol. The van der Waals surface area contributed by atoms with Crippen molar-refractivity contribution < 1.29 is 46.9 Å². The number of ether oxygens (including phenoxy) is 4. The average Bonchev–Trinajstić information content (AvgIpc) is 3.34. The molecule has 0 aromatic heterocycles. The molecule has 4 aromatic carbocycles. The Labute approximate surface area is 407 Å². The number of nitrogens with two attached hydrogens (primary N) is 2. The third-order valence-electron chi connectivity index (χ3n) is 11.7. The first-order chi connectivity index (χ1) is 33.6. The summed E-state index contributed by atoms with van der Waals surface area (Å²) >= 11 is 0. The third kappa shape index (κ3) is 24.0. The van der Waals surface area contributed by atoms with Gasteiger partial charge in [0.1, 0.15) is 11.6 Å². The van der Waals surface area contributed by atoms with Gasteiger partial charge in [0.15, 0.2) is 0 Å². The number of hydrogen-bond acceptors (Lipinski definition) is 10. The Hall–Kier alpha value is -6.30. The van der Waals surface area contributed by atoms with Gasteiger partial charge in [-0.3, -0.25) is 0 Å². The maximum absolute atomic E-state index is 13.0. The summed E-state index contributed by atoms with van der Waals surface area (Å²) in [5.74, 6) is -2.32. The molecule has 0 bridgehead atoms. The minimum Gasteiger partial charge on any atom is -0.463 e. The Kier molecular flexibility index (Phi) is 26.6. The molecule has 0 unspecified atom stereocenters. The summed E-state index contributed by atoms with van der Waals surface area (Å²) in [6.07, 6.45) is 27.1. The number of hydrogen-bond donors (Lipinski definition) is 2. The maximum Gasteiger partial charge on any atom is 0.340 e. The molecular weight excluding hydrogens is 879 g/mol. The molecule has 372 valence electrons. The molecule has 0 atom stereocenters. The molecule has 0 aliphatic heterocycles. The summed E-state index contributed by atoms with van der Waals surface area (Å²) < 4.78 is 47.6. The number of carbonyl (C=O) groups excluding carboxylic acids is 4. The molecule has 0 aliphatic rings. The molecule has 0 spiro atoms. The van der Waals surface area contributed by atoms with Crippen molar-refractivity contribution in [3.05, 3.63) is 142 Å². The highest BCUT2D eigenvalue weighted by Crippen LogP contribution is 2.22. The summed E-state index contributed by atoms with van der Waals surface area (Å²) in [7, 11) is 0. The number of rotatable bonds is 34. The number of unbranched alkanes of at least 4 members (excludes halogenated alkanes) is 18. The first-order valence-electron chi connectivity index (χ1n) is 24.9. The topological polar surface area (TPSA) is 157 Å².